The van der Waals surface area contributed by atoms with E-state index in [4.69, 9.17) is 23.2 Å². The van der Waals surface area contributed by atoms with Crippen molar-refractivity contribution >= 4 is 34.1 Å². The highest BCUT2D eigenvalue weighted by atomic mass is 35.5. The molecular weight excluding hydrogens is 329 g/mol. The summed E-state index contributed by atoms with van der Waals surface area (Å²) in [7, 11) is 0. The van der Waals surface area contributed by atoms with Crippen LogP contribution in [0.4, 0.5) is 0 Å². The average Bonchev–Trinajstić information content (AvgIpc) is 2.56. The number of fused-ring (bicyclic) bond motifs is 1. The first-order valence-electron chi connectivity index (χ1n) is 7.62. The molecule has 0 aliphatic heterocycles. The molecule has 1 heterocycles. The van der Waals surface area contributed by atoms with Gasteiger partial charge in [0, 0.05) is 17.1 Å². The lowest BCUT2D eigenvalue weighted by atomic mass is 9.95. The van der Waals surface area contributed by atoms with Crippen LogP contribution in [0.3, 0.4) is 0 Å². The lowest BCUT2D eigenvalue weighted by Gasteiger charge is -2.14. The van der Waals surface area contributed by atoms with E-state index < -0.39 is 6.10 Å². The molecule has 2 aromatic carbocycles. The van der Waals surface area contributed by atoms with Gasteiger partial charge in [0.15, 0.2) is 0 Å². The lowest BCUT2D eigenvalue weighted by molar-refractivity contribution is 0.166. The smallest absolute Gasteiger partial charge is 0.0790 e. The minimum Gasteiger partial charge on any atom is -0.388 e. The van der Waals surface area contributed by atoms with Gasteiger partial charge in [0.05, 0.1) is 21.7 Å². The predicted octanol–water partition coefficient (Wildman–Crippen LogP) is 6.04. The molecule has 118 valence electrons. The van der Waals surface area contributed by atoms with Gasteiger partial charge < -0.3 is 5.11 Å². The molecule has 0 saturated carbocycles. The van der Waals surface area contributed by atoms with Crippen molar-refractivity contribution in [1.82, 2.24) is 4.98 Å². The van der Waals surface area contributed by atoms with Crippen LogP contribution in [0, 0.1) is 0 Å². The van der Waals surface area contributed by atoms with Gasteiger partial charge in [-0.25, -0.2) is 0 Å². The summed E-state index contributed by atoms with van der Waals surface area (Å²) in [6, 6.07) is 13.4. The fraction of sp³-hybridized carbons (Fsp3) is 0.211. The van der Waals surface area contributed by atoms with E-state index in [1.807, 2.05) is 36.4 Å². The Morgan fingerprint density at radius 3 is 2.65 bits per heavy atom. The molecule has 3 aromatic rings. The molecule has 0 saturated heterocycles. The highest BCUT2D eigenvalue weighted by molar-refractivity contribution is 6.42. The van der Waals surface area contributed by atoms with Crippen LogP contribution in [0.1, 0.15) is 31.4 Å². The Hall–Kier alpha value is -1.61. The van der Waals surface area contributed by atoms with Crippen LogP contribution >= 0.6 is 23.2 Å². The molecule has 0 radical (unpaired) electrons. The number of aromatic nitrogens is 1. The number of aliphatic hydroxyl groups is 1. The van der Waals surface area contributed by atoms with Crippen molar-refractivity contribution in [1.29, 1.82) is 0 Å². The van der Waals surface area contributed by atoms with Crippen molar-refractivity contribution in [2.75, 3.05) is 0 Å². The molecule has 0 spiro atoms. The number of benzene rings is 2. The summed E-state index contributed by atoms with van der Waals surface area (Å²) in [4.78, 5) is 4.50. The van der Waals surface area contributed by atoms with Crippen LogP contribution < -0.4 is 0 Å². The number of hydrogen-bond donors (Lipinski definition) is 1. The van der Waals surface area contributed by atoms with Crippen LogP contribution in [-0.2, 0) is 0 Å². The van der Waals surface area contributed by atoms with Crippen molar-refractivity contribution in [2.45, 2.75) is 25.9 Å². The quantitative estimate of drug-likeness (QED) is 0.624. The molecular formula is C19H17Cl2NO. The van der Waals surface area contributed by atoms with Crippen molar-refractivity contribution in [3.8, 4) is 11.1 Å². The van der Waals surface area contributed by atoms with Gasteiger partial charge in [0.2, 0.25) is 0 Å². The number of hydrogen-bond acceptors (Lipinski definition) is 2. The molecule has 1 atom stereocenters. The molecule has 23 heavy (non-hydrogen) atoms. The van der Waals surface area contributed by atoms with E-state index in [9.17, 15) is 5.11 Å². The first kappa shape index (κ1) is 16.3. The van der Waals surface area contributed by atoms with E-state index >= 15 is 0 Å². The lowest BCUT2D eigenvalue weighted by Crippen LogP contribution is -1.98. The number of aliphatic hydroxyl groups excluding tert-OH is 1. The first-order valence-corrected chi connectivity index (χ1v) is 8.38. The van der Waals surface area contributed by atoms with Crippen molar-refractivity contribution in [3.05, 3.63) is 64.3 Å². The van der Waals surface area contributed by atoms with E-state index in [0.29, 0.717) is 10.0 Å². The molecule has 0 aliphatic carbocycles. The SMILES string of the molecule is CCCC(O)c1cc(-c2ccc(Cl)c(Cl)c2)c2ncccc2c1. The summed E-state index contributed by atoms with van der Waals surface area (Å²) in [5.74, 6) is 0. The molecule has 0 fully saturated rings. The van der Waals surface area contributed by atoms with Gasteiger partial charge in [0.1, 0.15) is 0 Å². The molecule has 1 unspecified atom stereocenters. The number of pyridine rings is 1. The van der Waals surface area contributed by atoms with Gasteiger partial charge in [-0.05, 0) is 47.9 Å². The predicted molar refractivity (Wildman–Crippen MR) is 97.1 cm³/mol. The summed E-state index contributed by atoms with van der Waals surface area (Å²) < 4.78 is 0. The summed E-state index contributed by atoms with van der Waals surface area (Å²) in [6.45, 7) is 2.06. The Morgan fingerprint density at radius 2 is 1.91 bits per heavy atom. The van der Waals surface area contributed by atoms with Gasteiger partial charge in [-0.3, -0.25) is 4.98 Å². The van der Waals surface area contributed by atoms with Gasteiger partial charge >= 0.3 is 0 Å². The Morgan fingerprint density at radius 1 is 1.09 bits per heavy atom. The third kappa shape index (κ3) is 3.35. The first-order chi connectivity index (χ1) is 11.1. The standard InChI is InChI=1S/C19H17Cl2NO/c1-2-4-18(23)14-9-13-5-3-8-22-19(13)15(10-14)12-6-7-16(20)17(21)11-12/h3,5-11,18,23H,2,4H2,1H3. The van der Waals surface area contributed by atoms with Crippen LogP contribution in [0.15, 0.2) is 48.7 Å². The Kier molecular flexibility index (Phi) is 4.86. The van der Waals surface area contributed by atoms with E-state index in [1.165, 1.54) is 0 Å². The molecule has 0 aliphatic rings. The average molecular weight is 346 g/mol. The monoisotopic (exact) mass is 345 g/mol. The second-order valence-corrected chi connectivity index (χ2v) is 6.39. The van der Waals surface area contributed by atoms with Crippen LogP contribution in [0.5, 0.6) is 0 Å². The highest BCUT2D eigenvalue weighted by Crippen LogP contribution is 2.34. The maximum Gasteiger partial charge on any atom is 0.0790 e. The second-order valence-electron chi connectivity index (χ2n) is 5.58. The Balaban J connectivity index is 2.22. The van der Waals surface area contributed by atoms with E-state index in [1.54, 1.807) is 12.3 Å². The number of halogens is 2. The van der Waals surface area contributed by atoms with Crippen molar-refractivity contribution in [2.24, 2.45) is 0 Å². The zero-order valence-corrected chi connectivity index (χ0v) is 14.3. The van der Waals surface area contributed by atoms with Crippen LogP contribution in [0.2, 0.25) is 10.0 Å². The van der Waals surface area contributed by atoms with Gasteiger partial charge in [-0.2, -0.15) is 0 Å². The van der Waals surface area contributed by atoms with Crippen molar-refractivity contribution in [3.63, 3.8) is 0 Å². The topological polar surface area (TPSA) is 33.1 Å². The maximum atomic E-state index is 10.4. The molecule has 1 N–H and O–H groups in total. The third-order valence-electron chi connectivity index (χ3n) is 3.90. The van der Waals surface area contributed by atoms with E-state index in [0.717, 1.165) is 40.4 Å². The molecule has 0 bridgehead atoms. The number of nitrogens with zero attached hydrogens (tertiary/aromatic N) is 1. The molecule has 2 nitrogen and oxygen atoms in total. The summed E-state index contributed by atoms with van der Waals surface area (Å²) >= 11 is 12.2. The van der Waals surface area contributed by atoms with Gasteiger partial charge in [-0.15, -0.1) is 0 Å². The minimum absolute atomic E-state index is 0.480. The van der Waals surface area contributed by atoms with E-state index in [2.05, 4.69) is 11.9 Å². The summed E-state index contributed by atoms with van der Waals surface area (Å²) in [5, 5.41) is 12.4. The second kappa shape index (κ2) is 6.88. The maximum absolute atomic E-state index is 10.4. The zero-order chi connectivity index (χ0) is 16.4. The van der Waals surface area contributed by atoms with Crippen LogP contribution in [0.25, 0.3) is 22.0 Å². The molecule has 4 heteroatoms. The zero-order valence-electron chi connectivity index (χ0n) is 12.8. The fourth-order valence-electron chi connectivity index (χ4n) is 2.73. The molecule has 3 rings (SSSR count). The third-order valence-corrected chi connectivity index (χ3v) is 4.64. The van der Waals surface area contributed by atoms with Crippen molar-refractivity contribution < 1.29 is 5.11 Å². The summed E-state index contributed by atoms with van der Waals surface area (Å²) in [5.41, 5.74) is 3.67. The minimum atomic E-state index is -0.480. The van der Waals surface area contributed by atoms with Crippen LogP contribution in [-0.4, -0.2) is 10.1 Å². The Labute approximate surface area is 145 Å². The Bertz CT molecular complexity index is 848. The highest BCUT2D eigenvalue weighted by Gasteiger charge is 2.13. The molecule has 0 amide bonds. The molecule has 1 aromatic heterocycles. The fourth-order valence-corrected chi connectivity index (χ4v) is 3.03. The summed E-state index contributed by atoms with van der Waals surface area (Å²) in [6.07, 6.45) is 2.94. The normalized spacial score (nSPS) is 12.5. The largest absolute Gasteiger partial charge is 0.388 e. The van der Waals surface area contributed by atoms with E-state index in [-0.39, 0.29) is 0 Å². The number of rotatable bonds is 4. The van der Waals surface area contributed by atoms with Gasteiger partial charge in [-0.1, -0.05) is 48.7 Å². The van der Waals surface area contributed by atoms with Gasteiger partial charge in [0.25, 0.3) is 0 Å².